The quantitative estimate of drug-likeness (QED) is 0.681. The zero-order chi connectivity index (χ0) is 9.97. The molecule has 3 unspecified atom stereocenters. The van der Waals surface area contributed by atoms with Gasteiger partial charge in [-0.05, 0) is 37.5 Å². The van der Waals surface area contributed by atoms with Crippen LogP contribution in [0.1, 0.15) is 46.0 Å². The predicted molar refractivity (Wildman–Crippen MR) is 60.6 cm³/mol. The predicted octanol–water partition coefficient (Wildman–Crippen LogP) is 2.59. The normalized spacial score (nSPS) is 38.1. The average Bonchev–Trinajstić information content (AvgIpc) is 2.64. The van der Waals surface area contributed by atoms with Crippen molar-refractivity contribution < 1.29 is 0 Å². The molecule has 2 nitrogen and oxygen atoms in total. The SMILES string of the molecule is CC1CCC(NC2=NCCC2)CC1C. The van der Waals surface area contributed by atoms with Gasteiger partial charge in [0.25, 0.3) is 0 Å². The van der Waals surface area contributed by atoms with Crippen molar-refractivity contribution in [3.63, 3.8) is 0 Å². The van der Waals surface area contributed by atoms with Crippen LogP contribution in [0.5, 0.6) is 0 Å². The van der Waals surface area contributed by atoms with Gasteiger partial charge in [0.05, 0.1) is 5.84 Å². The van der Waals surface area contributed by atoms with Crippen LogP contribution < -0.4 is 5.32 Å². The van der Waals surface area contributed by atoms with E-state index in [2.05, 4.69) is 24.2 Å². The Hall–Kier alpha value is -0.530. The number of aliphatic imine (C=N–C) groups is 1. The van der Waals surface area contributed by atoms with Gasteiger partial charge in [0.1, 0.15) is 0 Å². The van der Waals surface area contributed by atoms with Crippen LogP contribution in [0.2, 0.25) is 0 Å². The number of amidine groups is 1. The molecule has 2 rings (SSSR count). The molecule has 0 spiro atoms. The van der Waals surface area contributed by atoms with E-state index in [0.29, 0.717) is 6.04 Å². The van der Waals surface area contributed by atoms with E-state index in [1.165, 1.54) is 37.9 Å². The molecule has 14 heavy (non-hydrogen) atoms. The fourth-order valence-corrected chi connectivity index (χ4v) is 2.57. The van der Waals surface area contributed by atoms with Crippen molar-refractivity contribution >= 4 is 5.84 Å². The summed E-state index contributed by atoms with van der Waals surface area (Å²) >= 11 is 0. The topological polar surface area (TPSA) is 24.4 Å². The van der Waals surface area contributed by atoms with E-state index in [1.807, 2.05) is 0 Å². The van der Waals surface area contributed by atoms with Crippen molar-refractivity contribution in [2.24, 2.45) is 16.8 Å². The first-order valence-electron chi connectivity index (χ1n) is 6.05. The zero-order valence-corrected chi connectivity index (χ0v) is 9.42. The first-order chi connectivity index (χ1) is 6.75. The van der Waals surface area contributed by atoms with Crippen molar-refractivity contribution in [1.29, 1.82) is 0 Å². The van der Waals surface area contributed by atoms with Gasteiger partial charge in [-0.15, -0.1) is 0 Å². The summed E-state index contributed by atoms with van der Waals surface area (Å²) in [5.41, 5.74) is 0. The lowest BCUT2D eigenvalue weighted by molar-refractivity contribution is 0.240. The molecule has 1 heterocycles. The maximum Gasteiger partial charge on any atom is 0.0965 e. The number of rotatable bonds is 1. The molecule has 0 bridgehead atoms. The third-order valence-electron chi connectivity index (χ3n) is 3.84. The maximum atomic E-state index is 4.48. The third-order valence-corrected chi connectivity index (χ3v) is 3.84. The molecule has 0 aromatic carbocycles. The van der Waals surface area contributed by atoms with Gasteiger partial charge in [-0.3, -0.25) is 4.99 Å². The molecular formula is C12H22N2. The molecule has 80 valence electrons. The van der Waals surface area contributed by atoms with Crippen LogP contribution >= 0.6 is 0 Å². The second-order valence-electron chi connectivity index (χ2n) is 5.04. The first-order valence-corrected chi connectivity index (χ1v) is 6.05. The summed E-state index contributed by atoms with van der Waals surface area (Å²) in [4.78, 5) is 4.48. The van der Waals surface area contributed by atoms with Gasteiger partial charge >= 0.3 is 0 Å². The van der Waals surface area contributed by atoms with Crippen LogP contribution in [0.3, 0.4) is 0 Å². The smallest absolute Gasteiger partial charge is 0.0965 e. The fourth-order valence-electron chi connectivity index (χ4n) is 2.57. The highest BCUT2D eigenvalue weighted by atomic mass is 15.0. The summed E-state index contributed by atoms with van der Waals surface area (Å²) in [7, 11) is 0. The molecule has 0 saturated heterocycles. The van der Waals surface area contributed by atoms with Crippen molar-refractivity contribution in [3.05, 3.63) is 0 Å². The van der Waals surface area contributed by atoms with E-state index in [1.54, 1.807) is 0 Å². The molecule has 1 fully saturated rings. The highest BCUT2D eigenvalue weighted by Crippen LogP contribution is 2.29. The Morgan fingerprint density at radius 2 is 2.07 bits per heavy atom. The molecule has 0 radical (unpaired) electrons. The number of hydrogen-bond donors (Lipinski definition) is 1. The lowest BCUT2D eigenvalue weighted by Crippen LogP contribution is -2.39. The standard InChI is InChI=1S/C12H22N2/c1-9-5-6-11(8-10(9)2)14-12-4-3-7-13-12/h9-11H,3-8H2,1-2H3,(H,13,14). The van der Waals surface area contributed by atoms with E-state index < -0.39 is 0 Å². The molecule has 2 aliphatic rings. The Morgan fingerprint density at radius 1 is 1.21 bits per heavy atom. The minimum Gasteiger partial charge on any atom is -0.371 e. The van der Waals surface area contributed by atoms with E-state index in [-0.39, 0.29) is 0 Å². The molecule has 3 atom stereocenters. The molecule has 1 aliphatic carbocycles. The van der Waals surface area contributed by atoms with Gasteiger partial charge in [0, 0.05) is 19.0 Å². The van der Waals surface area contributed by atoms with E-state index in [9.17, 15) is 0 Å². The van der Waals surface area contributed by atoms with Crippen molar-refractivity contribution in [1.82, 2.24) is 5.32 Å². The number of hydrogen-bond acceptors (Lipinski definition) is 2. The largest absolute Gasteiger partial charge is 0.371 e. The highest BCUT2D eigenvalue weighted by molar-refractivity contribution is 5.83. The lowest BCUT2D eigenvalue weighted by Gasteiger charge is -2.33. The second-order valence-corrected chi connectivity index (χ2v) is 5.04. The maximum absolute atomic E-state index is 4.48. The fraction of sp³-hybridized carbons (Fsp3) is 0.917. The third kappa shape index (κ3) is 2.28. The van der Waals surface area contributed by atoms with Crippen LogP contribution in [0, 0.1) is 11.8 Å². The summed E-state index contributed by atoms with van der Waals surface area (Å²) in [6.45, 7) is 5.81. The first kappa shape index (κ1) is 10.0. The van der Waals surface area contributed by atoms with Crippen LogP contribution in [-0.2, 0) is 0 Å². The molecule has 0 aromatic rings. The second kappa shape index (κ2) is 4.33. The minimum atomic E-state index is 0.707. The van der Waals surface area contributed by atoms with E-state index in [4.69, 9.17) is 0 Å². The van der Waals surface area contributed by atoms with Gasteiger partial charge in [0.15, 0.2) is 0 Å². The van der Waals surface area contributed by atoms with Crippen molar-refractivity contribution in [3.8, 4) is 0 Å². The Labute approximate surface area is 87.2 Å². The summed E-state index contributed by atoms with van der Waals surface area (Å²) < 4.78 is 0. The Morgan fingerprint density at radius 3 is 2.71 bits per heavy atom. The van der Waals surface area contributed by atoms with E-state index >= 15 is 0 Å². The molecule has 1 N–H and O–H groups in total. The van der Waals surface area contributed by atoms with Gasteiger partial charge in [-0.2, -0.15) is 0 Å². The Bertz CT molecular complexity index is 222. The van der Waals surface area contributed by atoms with Crippen LogP contribution in [0.4, 0.5) is 0 Å². The van der Waals surface area contributed by atoms with Crippen molar-refractivity contribution in [2.45, 2.75) is 52.0 Å². The number of nitrogens with zero attached hydrogens (tertiary/aromatic N) is 1. The van der Waals surface area contributed by atoms with Gasteiger partial charge in [0.2, 0.25) is 0 Å². The molecule has 0 amide bonds. The zero-order valence-electron chi connectivity index (χ0n) is 9.42. The van der Waals surface area contributed by atoms with Gasteiger partial charge < -0.3 is 5.32 Å². The van der Waals surface area contributed by atoms with Crippen molar-refractivity contribution in [2.75, 3.05) is 6.54 Å². The summed E-state index contributed by atoms with van der Waals surface area (Å²) in [5.74, 6) is 3.07. The van der Waals surface area contributed by atoms with E-state index in [0.717, 1.165) is 18.4 Å². The minimum absolute atomic E-state index is 0.707. The van der Waals surface area contributed by atoms with Gasteiger partial charge in [-0.25, -0.2) is 0 Å². The summed E-state index contributed by atoms with van der Waals surface area (Å²) in [6.07, 6.45) is 6.48. The average molecular weight is 194 g/mol. The molecule has 0 aromatic heterocycles. The summed E-state index contributed by atoms with van der Waals surface area (Å²) in [5, 5.41) is 3.62. The molecule has 2 heteroatoms. The Kier molecular flexibility index (Phi) is 3.09. The van der Waals surface area contributed by atoms with Crippen LogP contribution in [0.25, 0.3) is 0 Å². The summed E-state index contributed by atoms with van der Waals surface area (Å²) in [6, 6.07) is 0.707. The number of nitrogens with one attached hydrogen (secondary N) is 1. The Balaban J connectivity index is 1.81. The lowest BCUT2D eigenvalue weighted by atomic mass is 9.79. The van der Waals surface area contributed by atoms with Crippen LogP contribution in [-0.4, -0.2) is 18.4 Å². The molecular weight excluding hydrogens is 172 g/mol. The van der Waals surface area contributed by atoms with Gasteiger partial charge in [-0.1, -0.05) is 13.8 Å². The molecule has 1 saturated carbocycles. The highest BCUT2D eigenvalue weighted by Gasteiger charge is 2.25. The molecule has 1 aliphatic heterocycles. The monoisotopic (exact) mass is 194 g/mol. The van der Waals surface area contributed by atoms with Crippen LogP contribution in [0.15, 0.2) is 4.99 Å².